The zero-order valence-corrected chi connectivity index (χ0v) is 10.3. The number of benzene rings is 1. The van der Waals surface area contributed by atoms with E-state index in [1.165, 1.54) is 0 Å². The van der Waals surface area contributed by atoms with Crippen molar-refractivity contribution in [2.75, 3.05) is 0 Å². The van der Waals surface area contributed by atoms with E-state index in [0.717, 1.165) is 6.42 Å². The molecular weight excluding hydrogens is 232 g/mol. The Bertz CT molecular complexity index is 454. The van der Waals surface area contributed by atoms with Gasteiger partial charge in [-0.2, -0.15) is 0 Å². The van der Waals surface area contributed by atoms with Crippen LogP contribution in [0.3, 0.4) is 0 Å². The molecule has 1 N–H and O–H groups in total. The van der Waals surface area contributed by atoms with Crippen LogP contribution in [0.1, 0.15) is 31.7 Å². The molecule has 96 valence electrons. The molecule has 1 saturated heterocycles. The van der Waals surface area contributed by atoms with Gasteiger partial charge in [-0.15, -0.1) is 0 Å². The zero-order valence-electron chi connectivity index (χ0n) is 10.3. The van der Waals surface area contributed by atoms with Gasteiger partial charge in [0.1, 0.15) is 0 Å². The maximum absolute atomic E-state index is 11.8. The lowest BCUT2D eigenvalue weighted by atomic mass is 9.86. The summed E-state index contributed by atoms with van der Waals surface area (Å²) in [4.78, 5) is 23.3. The van der Waals surface area contributed by atoms with Gasteiger partial charge in [0.25, 0.3) is 0 Å². The second-order valence-corrected chi connectivity index (χ2v) is 4.61. The molecule has 0 aliphatic carbocycles. The Morgan fingerprint density at radius 3 is 2.67 bits per heavy atom. The summed E-state index contributed by atoms with van der Waals surface area (Å²) >= 11 is 0. The molecule has 0 saturated carbocycles. The fourth-order valence-corrected chi connectivity index (χ4v) is 2.43. The number of ether oxygens (including phenoxy) is 1. The summed E-state index contributed by atoms with van der Waals surface area (Å²) in [5, 5.41) is 9.44. The van der Waals surface area contributed by atoms with Gasteiger partial charge in [0.05, 0.1) is 5.92 Å². The molecule has 0 spiro atoms. The number of carboxylic acids is 1. The number of cyclic esters (lactones) is 1. The highest BCUT2D eigenvalue weighted by Gasteiger charge is 2.53. The number of hydrogen-bond donors (Lipinski definition) is 1. The van der Waals surface area contributed by atoms with E-state index in [1.807, 2.05) is 6.92 Å². The van der Waals surface area contributed by atoms with Crippen molar-refractivity contribution in [3.05, 3.63) is 35.9 Å². The predicted octanol–water partition coefficient (Wildman–Crippen LogP) is 2.33. The van der Waals surface area contributed by atoms with Crippen LogP contribution >= 0.6 is 0 Å². The lowest BCUT2D eigenvalue weighted by molar-refractivity contribution is -0.171. The second kappa shape index (κ2) is 4.80. The van der Waals surface area contributed by atoms with Gasteiger partial charge in [0.2, 0.25) is 5.60 Å². The summed E-state index contributed by atoms with van der Waals surface area (Å²) in [6.45, 7) is 1.97. The van der Waals surface area contributed by atoms with E-state index >= 15 is 0 Å². The maximum Gasteiger partial charge on any atom is 0.353 e. The summed E-state index contributed by atoms with van der Waals surface area (Å²) in [6.07, 6.45) is 1.73. The number of esters is 1. The molecule has 2 unspecified atom stereocenters. The molecule has 0 amide bonds. The third kappa shape index (κ3) is 1.98. The van der Waals surface area contributed by atoms with Crippen LogP contribution in [-0.2, 0) is 19.9 Å². The van der Waals surface area contributed by atoms with Gasteiger partial charge >= 0.3 is 11.9 Å². The van der Waals surface area contributed by atoms with Crippen molar-refractivity contribution in [1.82, 2.24) is 0 Å². The second-order valence-electron chi connectivity index (χ2n) is 4.61. The first-order valence-electron chi connectivity index (χ1n) is 6.12. The average Bonchev–Trinajstić information content (AvgIpc) is 2.70. The molecule has 4 nitrogen and oxygen atoms in total. The lowest BCUT2D eigenvalue weighted by Gasteiger charge is -2.23. The SMILES string of the molecule is CCCC1CC(C(=O)O)(c2ccccc2)OC1=O. The van der Waals surface area contributed by atoms with Crippen molar-refractivity contribution >= 4 is 11.9 Å². The van der Waals surface area contributed by atoms with Gasteiger partial charge in [-0.05, 0) is 6.42 Å². The Kier molecular flexibility index (Phi) is 3.36. The Balaban J connectivity index is 2.37. The van der Waals surface area contributed by atoms with Crippen LogP contribution in [0.2, 0.25) is 0 Å². The Morgan fingerprint density at radius 1 is 1.44 bits per heavy atom. The molecular formula is C14H16O4. The van der Waals surface area contributed by atoms with E-state index in [4.69, 9.17) is 4.74 Å². The topological polar surface area (TPSA) is 63.6 Å². The van der Waals surface area contributed by atoms with Crippen molar-refractivity contribution in [3.8, 4) is 0 Å². The number of rotatable bonds is 4. The molecule has 18 heavy (non-hydrogen) atoms. The minimum Gasteiger partial charge on any atom is -0.478 e. The van der Waals surface area contributed by atoms with E-state index in [0.29, 0.717) is 12.0 Å². The monoisotopic (exact) mass is 248 g/mol. The molecule has 0 aromatic heterocycles. The van der Waals surface area contributed by atoms with E-state index in [-0.39, 0.29) is 12.3 Å². The standard InChI is InChI=1S/C14H16O4/c1-2-6-10-9-14(13(16)17,18-12(10)15)11-7-4-3-5-8-11/h3-5,7-8,10H,2,6,9H2,1H3,(H,16,17). The highest BCUT2D eigenvalue weighted by Crippen LogP contribution is 2.41. The molecule has 2 rings (SSSR count). The first-order chi connectivity index (χ1) is 8.60. The number of carbonyl (C=O) groups is 2. The third-order valence-corrected chi connectivity index (χ3v) is 3.36. The van der Waals surface area contributed by atoms with Gasteiger partial charge in [-0.1, -0.05) is 43.7 Å². The maximum atomic E-state index is 11.8. The molecule has 0 bridgehead atoms. The molecule has 0 radical (unpaired) electrons. The molecule has 1 heterocycles. The van der Waals surface area contributed by atoms with E-state index in [2.05, 4.69) is 0 Å². The minimum absolute atomic E-state index is 0.221. The van der Waals surface area contributed by atoms with Gasteiger partial charge in [0.15, 0.2) is 0 Å². The Hall–Kier alpha value is -1.84. The zero-order chi connectivity index (χ0) is 13.2. The number of aliphatic carboxylic acids is 1. The highest BCUT2D eigenvalue weighted by molar-refractivity contribution is 5.88. The van der Waals surface area contributed by atoms with Crippen molar-refractivity contribution in [3.63, 3.8) is 0 Å². The van der Waals surface area contributed by atoms with Crippen molar-refractivity contribution in [2.24, 2.45) is 5.92 Å². The van der Waals surface area contributed by atoms with Gasteiger partial charge < -0.3 is 9.84 Å². The third-order valence-electron chi connectivity index (χ3n) is 3.36. The van der Waals surface area contributed by atoms with Gasteiger partial charge in [-0.25, -0.2) is 4.79 Å². The number of hydrogen-bond acceptors (Lipinski definition) is 3. The lowest BCUT2D eigenvalue weighted by Crippen LogP contribution is -2.35. The van der Waals surface area contributed by atoms with Crippen LogP contribution in [0.15, 0.2) is 30.3 Å². The normalized spacial score (nSPS) is 26.9. The van der Waals surface area contributed by atoms with E-state index < -0.39 is 17.5 Å². The summed E-state index contributed by atoms with van der Waals surface area (Å²) < 4.78 is 5.22. The fourth-order valence-electron chi connectivity index (χ4n) is 2.43. The molecule has 1 aliphatic heterocycles. The van der Waals surface area contributed by atoms with Crippen LogP contribution < -0.4 is 0 Å². The predicted molar refractivity (Wildman–Crippen MR) is 64.9 cm³/mol. The first kappa shape index (κ1) is 12.6. The van der Waals surface area contributed by atoms with E-state index in [1.54, 1.807) is 30.3 Å². The fraction of sp³-hybridized carbons (Fsp3) is 0.429. The quantitative estimate of drug-likeness (QED) is 0.830. The largest absolute Gasteiger partial charge is 0.478 e. The van der Waals surface area contributed by atoms with Crippen LogP contribution in [0.25, 0.3) is 0 Å². The summed E-state index contributed by atoms with van der Waals surface area (Å²) in [5.41, 5.74) is -0.970. The van der Waals surface area contributed by atoms with Crippen molar-refractivity contribution < 1.29 is 19.4 Å². The summed E-state index contributed by atoms with van der Waals surface area (Å²) in [5.74, 6) is -1.81. The summed E-state index contributed by atoms with van der Waals surface area (Å²) in [7, 11) is 0. The van der Waals surface area contributed by atoms with E-state index in [9.17, 15) is 14.7 Å². The van der Waals surface area contributed by atoms with Crippen LogP contribution in [-0.4, -0.2) is 17.0 Å². The van der Waals surface area contributed by atoms with Gasteiger partial charge in [0, 0.05) is 12.0 Å². The van der Waals surface area contributed by atoms with Crippen LogP contribution in [0.5, 0.6) is 0 Å². The molecule has 1 aromatic carbocycles. The first-order valence-corrected chi connectivity index (χ1v) is 6.12. The van der Waals surface area contributed by atoms with Crippen molar-refractivity contribution in [1.29, 1.82) is 0 Å². The number of carbonyl (C=O) groups excluding carboxylic acids is 1. The highest BCUT2D eigenvalue weighted by atomic mass is 16.6. The molecule has 1 fully saturated rings. The Labute approximate surface area is 106 Å². The molecule has 1 aliphatic rings. The summed E-state index contributed by atoms with van der Waals surface area (Å²) in [6, 6.07) is 8.69. The molecule has 2 atom stereocenters. The van der Waals surface area contributed by atoms with Crippen LogP contribution in [0.4, 0.5) is 0 Å². The minimum atomic E-state index is -1.50. The molecule has 4 heteroatoms. The van der Waals surface area contributed by atoms with Crippen molar-refractivity contribution in [2.45, 2.75) is 31.8 Å². The molecule has 1 aromatic rings. The smallest absolute Gasteiger partial charge is 0.353 e. The number of carboxylic acid groups (broad SMARTS) is 1. The van der Waals surface area contributed by atoms with Gasteiger partial charge in [-0.3, -0.25) is 4.79 Å². The Morgan fingerprint density at radius 2 is 2.11 bits per heavy atom. The van der Waals surface area contributed by atoms with Crippen LogP contribution in [0, 0.1) is 5.92 Å². The average molecular weight is 248 g/mol.